The Balaban J connectivity index is 1.73. The minimum absolute atomic E-state index is 0.0897. The van der Waals surface area contributed by atoms with E-state index in [4.69, 9.17) is 0 Å². The summed E-state index contributed by atoms with van der Waals surface area (Å²) in [5.74, 6) is -1.34. The normalized spacial score (nSPS) is 15.7. The molecule has 0 unspecified atom stereocenters. The number of nitro groups is 1. The summed E-state index contributed by atoms with van der Waals surface area (Å²) in [5, 5.41) is 12.5. The van der Waals surface area contributed by atoms with Gasteiger partial charge >= 0.3 is 5.24 Å². The lowest BCUT2D eigenvalue weighted by Crippen LogP contribution is -2.44. The van der Waals surface area contributed by atoms with Gasteiger partial charge < -0.3 is 0 Å². The Bertz CT molecular complexity index is 890. The first-order chi connectivity index (χ1) is 12.0. The summed E-state index contributed by atoms with van der Waals surface area (Å²) < 4.78 is 0. The number of rotatable bonds is 4. The van der Waals surface area contributed by atoms with Gasteiger partial charge in [0.15, 0.2) is 0 Å². The van der Waals surface area contributed by atoms with Gasteiger partial charge in [-0.05, 0) is 41.4 Å². The van der Waals surface area contributed by atoms with Crippen LogP contribution >= 0.6 is 23.1 Å². The zero-order valence-corrected chi connectivity index (χ0v) is 14.0. The Kier molecular flexibility index (Phi) is 4.63. The van der Waals surface area contributed by atoms with Crippen molar-refractivity contribution < 1.29 is 19.3 Å². The van der Waals surface area contributed by atoms with Crippen molar-refractivity contribution >= 4 is 51.9 Å². The second-order valence-electron chi connectivity index (χ2n) is 4.78. The van der Waals surface area contributed by atoms with Crippen LogP contribution in [0.1, 0.15) is 15.2 Å². The van der Waals surface area contributed by atoms with Gasteiger partial charge in [-0.25, -0.2) is 0 Å². The molecular weight excluding hydrogens is 366 g/mol. The van der Waals surface area contributed by atoms with Gasteiger partial charge in [-0.1, -0.05) is 6.07 Å². The highest BCUT2D eigenvalue weighted by Crippen LogP contribution is 2.31. The summed E-state index contributed by atoms with van der Waals surface area (Å²) in [6, 6.07) is 8.44. The monoisotopic (exact) mass is 375 g/mol. The van der Waals surface area contributed by atoms with Crippen molar-refractivity contribution in [3.63, 3.8) is 0 Å². The van der Waals surface area contributed by atoms with Crippen LogP contribution in [-0.2, 0) is 4.79 Å². The molecule has 126 valence electrons. The van der Waals surface area contributed by atoms with Gasteiger partial charge in [0, 0.05) is 22.6 Å². The van der Waals surface area contributed by atoms with Crippen LogP contribution in [0.2, 0.25) is 0 Å². The van der Waals surface area contributed by atoms with E-state index >= 15 is 0 Å². The predicted molar refractivity (Wildman–Crippen MR) is 92.7 cm³/mol. The standard InChI is InChI=1S/C15H9N3O5S2/c19-13(9-3-5-10(6-4-9)18(22)23)16-17-14(20)12(25-15(17)21)8-11-2-1-7-24-11/h1-8H,(H,16,19)/b12-8-. The van der Waals surface area contributed by atoms with E-state index in [1.54, 1.807) is 12.1 Å². The van der Waals surface area contributed by atoms with Gasteiger partial charge in [-0.15, -0.1) is 11.3 Å². The number of hydrogen-bond donors (Lipinski definition) is 1. The molecule has 2 aromatic rings. The van der Waals surface area contributed by atoms with E-state index in [2.05, 4.69) is 5.43 Å². The van der Waals surface area contributed by atoms with Gasteiger partial charge in [0.05, 0.1) is 9.83 Å². The smallest absolute Gasteiger partial charge is 0.267 e. The van der Waals surface area contributed by atoms with Gasteiger partial charge in [-0.2, -0.15) is 5.01 Å². The van der Waals surface area contributed by atoms with E-state index in [9.17, 15) is 24.5 Å². The van der Waals surface area contributed by atoms with Crippen LogP contribution < -0.4 is 5.43 Å². The summed E-state index contributed by atoms with van der Waals surface area (Å²) in [4.78, 5) is 47.4. The van der Waals surface area contributed by atoms with Crippen molar-refractivity contribution in [2.75, 3.05) is 0 Å². The SMILES string of the molecule is O=C(NN1C(=O)S/C(=C\c2cccs2)C1=O)c1ccc([N+](=O)[O-])cc1. The molecule has 10 heteroatoms. The number of imide groups is 1. The van der Waals surface area contributed by atoms with Crippen LogP contribution in [0.25, 0.3) is 6.08 Å². The Morgan fingerprint density at radius 1 is 1.20 bits per heavy atom. The van der Waals surface area contributed by atoms with Crippen LogP contribution in [0.5, 0.6) is 0 Å². The van der Waals surface area contributed by atoms with Crippen LogP contribution in [0.4, 0.5) is 10.5 Å². The Labute approximate surface area is 149 Å². The molecule has 0 spiro atoms. The number of nitrogens with zero attached hydrogens (tertiary/aromatic N) is 2. The molecular formula is C15H9N3O5S2. The summed E-state index contributed by atoms with van der Waals surface area (Å²) in [5.41, 5.74) is 2.14. The van der Waals surface area contributed by atoms with Gasteiger partial charge in [0.1, 0.15) is 0 Å². The van der Waals surface area contributed by atoms with E-state index in [0.29, 0.717) is 5.01 Å². The van der Waals surface area contributed by atoms with Crippen molar-refractivity contribution in [2.45, 2.75) is 0 Å². The zero-order chi connectivity index (χ0) is 18.0. The molecule has 1 aromatic heterocycles. The number of nitro benzene ring substituents is 1. The lowest BCUT2D eigenvalue weighted by molar-refractivity contribution is -0.384. The quantitative estimate of drug-likeness (QED) is 0.500. The average molecular weight is 375 g/mol. The third-order valence-corrected chi connectivity index (χ3v) is 4.85. The molecule has 1 aromatic carbocycles. The fraction of sp³-hybridized carbons (Fsp3) is 0. The number of non-ortho nitro benzene ring substituents is 1. The maximum absolute atomic E-state index is 12.3. The number of hydrogen-bond acceptors (Lipinski definition) is 7. The number of thioether (sulfide) groups is 1. The predicted octanol–water partition coefficient (Wildman–Crippen LogP) is 3.04. The molecule has 1 fully saturated rings. The van der Waals surface area contributed by atoms with E-state index in [1.807, 2.05) is 11.4 Å². The summed E-state index contributed by atoms with van der Waals surface area (Å²) in [6.45, 7) is 0. The fourth-order valence-corrected chi connectivity index (χ4v) is 3.47. The van der Waals surface area contributed by atoms with Crippen LogP contribution in [0, 0.1) is 10.1 Å². The highest BCUT2D eigenvalue weighted by atomic mass is 32.2. The minimum atomic E-state index is -0.713. The molecule has 0 saturated carbocycles. The lowest BCUT2D eigenvalue weighted by atomic mass is 10.2. The first-order valence-electron chi connectivity index (χ1n) is 6.82. The first-order valence-corrected chi connectivity index (χ1v) is 8.52. The minimum Gasteiger partial charge on any atom is -0.267 e. The molecule has 0 radical (unpaired) electrons. The van der Waals surface area contributed by atoms with Crippen molar-refractivity contribution in [1.29, 1.82) is 0 Å². The topological polar surface area (TPSA) is 110 Å². The highest BCUT2D eigenvalue weighted by Gasteiger charge is 2.36. The number of carbonyl (C=O) groups is 3. The molecule has 1 N–H and O–H groups in total. The van der Waals surface area contributed by atoms with E-state index in [-0.39, 0.29) is 16.2 Å². The highest BCUT2D eigenvalue weighted by molar-refractivity contribution is 8.18. The number of nitrogens with one attached hydrogen (secondary N) is 1. The summed E-state index contributed by atoms with van der Waals surface area (Å²) in [6.07, 6.45) is 1.58. The average Bonchev–Trinajstić information content (AvgIpc) is 3.19. The van der Waals surface area contributed by atoms with E-state index in [1.165, 1.54) is 35.6 Å². The maximum atomic E-state index is 12.3. The van der Waals surface area contributed by atoms with Crippen LogP contribution in [0.15, 0.2) is 46.7 Å². The molecule has 1 aliphatic heterocycles. The number of benzene rings is 1. The Morgan fingerprint density at radius 2 is 1.92 bits per heavy atom. The molecule has 8 nitrogen and oxygen atoms in total. The number of carbonyl (C=O) groups excluding carboxylic acids is 3. The molecule has 1 aliphatic rings. The fourth-order valence-electron chi connectivity index (χ4n) is 1.97. The largest absolute Gasteiger partial charge is 0.312 e. The molecule has 2 heterocycles. The van der Waals surface area contributed by atoms with E-state index in [0.717, 1.165) is 16.6 Å². The second-order valence-corrected chi connectivity index (χ2v) is 6.75. The summed E-state index contributed by atoms with van der Waals surface area (Å²) >= 11 is 2.14. The second kappa shape index (κ2) is 6.87. The molecule has 0 aliphatic carbocycles. The van der Waals surface area contributed by atoms with Crippen molar-refractivity contribution in [1.82, 2.24) is 10.4 Å². The Morgan fingerprint density at radius 3 is 2.52 bits per heavy atom. The molecule has 0 atom stereocenters. The lowest BCUT2D eigenvalue weighted by Gasteiger charge is -2.13. The molecule has 0 bridgehead atoms. The van der Waals surface area contributed by atoms with Crippen LogP contribution in [-0.4, -0.2) is 27.0 Å². The summed E-state index contributed by atoms with van der Waals surface area (Å²) in [7, 11) is 0. The first kappa shape index (κ1) is 16.9. The van der Waals surface area contributed by atoms with Crippen molar-refractivity contribution in [3.8, 4) is 0 Å². The molecule has 3 rings (SSSR count). The third-order valence-electron chi connectivity index (χ3n) is 3.16. The van der Waals surface area contributed by atoms with Gasteiger partial charge in [-0.3, -0.25) is 29.9 Å². The Hall–Kier alpha value is -2.98. The van der Waals surface area contributed by atoms with Crippen molar-refractivity contribution in [2.24, 2.45) is 0 Å². The van der Waals surface area contributed by atoms with Gasteiger partial charge in [0.25, 0.3) is 17.5 Å². The number of hydrazine groups is 1. The van der Waals surface area contributed by atoms with Crippen LogP contribution in [0.3, 0.4) is 0 Å². The third kappa shape index (κ3) is 3.59. The molecule has 1 saturated heterocycles. The molecule has 25 heavy (non-hydrogen) atoms. The maximum Gasteiger partial charge on any atom is 0.312 e. The van der Waals surface area contributed by atoms with E-state index < -0.39 is 22.0 Å². The van der Waals surface area contributed by atoms with Crippen molar-refractivity contribution in [3.05, 3.63) is 67.2 Å². The zero-order valence-electron chi connectivity index (χ0n) is 12.4. The van der Waals surface area contributed by atoms with Gasteiger partial charge in [0.2, 0.25) is 0 Å². The molecule has 3 amide bonds. The number of amides is 3. The number of thiophene rings is 1.